The molecule has 0 saturated heterocycles. The molecule has 8 nitrogen and oxygen atoms in total. The average molecular weight is 468 g/mol. The molecule has 35 heavy (non-hydrogen) atoms. The van der Waals surface area contributed by atoms with Gasteiger partial charge < -0.3 is 15.2 Å². The molecule has 0 aliphatic carbocycles. The summed E-state index contributed by atoms with van der Waals surface area (Å²) in [5.74, 6) is -0.797. The maximum absolute atomic E-state index is 13.5. The van der Waals surface area contributed by atoms with Gasteiger partial charge in [0.2, 0.25) is 0 Å². The number of amides is 4. The van der Waals surface area contributed by atoms with E-state index in [-0.39, 0.29) is 12.5 Å². The maximum atomic E-state index is 13.5. The number of urea groups is 1. The SMILES string of the molecule is Cc1ccc(-c2c(C3c4ccccc4C(=O)N3CC(=O)NNC(N)=O)c3ccccc3n2C)cc1. The summed E-state index contributed by atoms with van der Waals surface area (Å²) in [4.78, 5) is 38.8. The Bertz CT molecular complexity index is 1470. The number of hydrogen-bond donors (Lipinski definition) is 3. The van der Waals surface area contributed by atoms with Crippen LogP contribution in [0.25, 0.3) is 22.2 Å². The summed E-state index contributed by atoms with van der Waals surface area (Å²) in [7, 11) is 2.01. The lowest BCUT2D eigenvalue weighted by molar-refractivity contribution is -0.122. The fraction of sp³-hybridized carbons (Fsp3) is 0.148. The van der Waals surface area contributed by atoms with Crippen LogP contribution in [0.4, 0.5) is 4.79 Å². The van der Waals surface area contributed by atoms with Crippen molar-refractivity contribution in [1.29, 1.82) is 0 Å². The first-order chi connectivity index (χ1) is 16.9. The molecule has 0 saturated carbocycles. The highest BCUT2D eigenvalue weighted by atomic mass is 16.2. The number of primary amides is 1. The Morgan fingerprint density at radius 1 is 0.943 bits per heavy atom. The molecule has 4 aromatic rings. The fourth-order valence-corrected chi connectivity index (χ4v) is 4.93. The van der Waals surface area contributed by atoms with E-state index in [9.17, 15) is 14.4 Å². The molecule has 0 spiro atoms. The summed E-state index contributed by atoms with van der Waals surface area (Å²) in [5, 5.41) is 1.00. The van der Waals surface area contributed by atoms with Crippen LogP contribution < -0.4 is 16.6 Å². The zero-order chi connectivity index (χ0) is 24.7. The number of rotatable bonds is 4. The Kier molecular flexibility index (Phi) is 5.49. The van der Waals surface area contributed by atoms with Gasteiger partial charge in [0.25, 0.3) is 11.8 Å². The number of benzene rings is 3. The Morgan fingerprint density at radius 2 is 1.63 bits per heavy atom. The topological polar surface area (TPSA) is 109 Å². The van der Waals surface area contributed by atoms with Crippen molar-refractivity contribution in [3.63, 3.8) is 0 Å². The molecule has 4 N–H and O–H groups in total. The number of hydrazine groups is 1. The zero-order valence-corrected chi connectivity index (χ0v) is 19.4. The summed E-state index contributed by atoms with van der Waals surface area (Å²) in [6.45, 7) is 1.79. The van der Waals surface area contributed by atoms with Crippen LogP contribution in [0.1, 0.15) is 33.1 Å². The van der Waals surface area contributed by atoms with E-state index in [2.05, 4.69) is 39.7 Å². The molecule has 0 fully saturated rings. The summed E-state index contributed by atoms with van der Waals surface area (Å²) >= 11 is 0. The number of para-hydroxylation sites is 1. The molecule has 1 aliphatic rings. The first-order valence-electron chi connectivity index (χ1n) is 11.3. The molecule has 0 radical (unpaired) electrons. The first kappa shape index (κ1) is 22.2. The Balaban J connectivity index is 1.72. The molecular formula is C27H25N5O3. The lowest BCUT2D eigenvalue weighted by atomic mass is 9.93. The minimum absolute atomic E-state index is 0.248. The first-order valence-corrected chi connectivity index (χ1v) is 11.3. The van der Waals surface area contributed by atoms with E-state index < -0.39 is 18.0 Å². The molecule has 5 rings (SSSR count). The molecule has 176 valence electrons. The van der Waals surface area contributed by atoms with E-state index in [0.717, 1.165) is 38.9 Å². The van der Waals surface area contributed by atoms with Crippen LogP contribution in [0, 0.1) is 6.92 Å². The van der Waals surface area contributed by atoms with Gasteiger partial charge in [-0.2, -0.15) is 0 Å². The van der Waals surface area contributed by atoms with E-state index >= 15 is 0 Å². The molecule has 2 heterocycles. The second-order valence-electron chi connectivity index (χ2n) is 8.66. The normalized spacial score (nSPS) is 14.7. The second-order valence-corrected chi connectivity index (χ2v) is 8.66. The van der Waals surface area contributed by atoms with E-state index in [1.54, 1.807) is 11.0 Å². The van der Waals surface area contributed by atoms with Crippen LogP contribution in [0.5, 0.6) is 0 Å². The van der Waals surface area contributed by atoms with Gasteiger partial charge in [-0.05, 0) is 30.2 Å². The van der Waals surface area contributed by atoms with Gasteiger partial charge in [-0.25, -0.2) is 10.2 Å². The monoisotopic (exact) mass is 467 g/mol. The number of carbonyl (C=O) groups excluding carboxylic acids is 3. The highest BCUT2D eigenvalue weighted by Gasteiger charge is 2.41. The number of aryl methyl sites for hydroxylation is 2. The van der Waals surface area contributed by atoms with Crippen molar-refractivity contribution in [2.24, 2.45) is 12.8 Å². The van der Waals surface area contributed by atoms with Crippen molar-refractivity contribution in [2.75, 3.05) is 6.54 Å². The number of nitrogens with zero attached hydrogens (tertiary/aromatic N) is 2. The lowest BCUT2D eigenvalue weighted by Gasteiger charge is -2.26. The largest absolute Gasteiger partial charge is 0.350 e. The Hall–Kier alpha value is -4.59. The minimum atomic E-state index is -0.887. The average Bonchev–Trinajstić information content (AvgIpc) is 3.29. The molecule has 3 aromatic carbocycles. The fourth-order valence-electron chi connectivity index (χ4n) is 4.93. The zero-order valence-electron chi connectivity index (χ0n) is 19.4. The molecule has 1 atom stereocenters. The van der Waals surface area contributed by atoms with Crippen LogP contribution in [0.3, 0.4) is 0 Å². The predicted molar refractivity (Wildman–Crippen MR) is 133 cm³/mol. The van der Waals surface area contributed by atoms with Crippen molar-refractivity contribution < 1.29 is 14.4 Å². The number of aromatic nitrogens is 1. The van der Waals surface area contributed by atoms with Crippen LogP contribution in [0.2, 0.25) is 0 Å². The van der Waals surface area contributed by atoms with Crippen LogP contribution in [0.15, 0.2) is 72.8 Å². The second kappa shape index (κ2) is 8.64. The van der Waals surface area contributed by atoms with E-state index in [0.29, 0.717) is 5.56 Å². The number of nitrogens with one attached hydrogen (secondary N) is 2. The van der Waals surface area contributed by atoms with Gasteiger partial charge in [0.15, 0.2) is 0 Å². The van der Waals surface area contributed by atoms with Gasteiger partial charge in [0.1, 0.15) is 6.54 Å². The molecule has 0 bridgehead atoms. The third-order valence-corrected chi connectivity index (χ3v) is 6.44. The van der Waals surface area contributed by atoms with Crippen molar-refractivity contribution in [3.05, 3.63) is 95.1 Å². The van der Waals surface area contributed by atoms with E-state index in [1.807, 2.05) is 56.4 Å². The highest BCUT2D eigenvalue weighted by molar-refractivity contribution is 6.04. The Labute approximate surface area is 202 Å². The third-order valence-electron chi connectivity index (χ3n) is 6.44. The summed E-state index contributed by atoms with van der Waals surface area (Å²) in [6.07, 6.45) is 0. The summed E-state index contributed by atoms with van der Waals surface area (Å²) in [5.41, 5.74) is 15.9. The van der Waals surface area contributed by atoms with Crippen LogP contribution in [-0.2, 0) is 11.8 Å². The smallest absolute Gasteiger partial charge is 0.330 e. The lowest BCUT2D eigenvalue weighted by Crippen LogP contribution is -2.49. The number of nitrogens with two attached hydrogens (primary N) is 1. The van der Waals surface area contributed by atoms with E-state index in [4.69, 9.17) is 5.73 Å². The quantitative estimate of drug-likeness (QED) is 0.400. The van der Waals surface area contributed by atoms with Gasteiger partial charge in [0, 0.05) is 29.1 Å². The van der Waals surface area contributed by atoms with E-state index in [1.165, 1.54) is 0 Å². The maximum Gasteiger partial charge on any atom is 0.330 e. The van der Waals surface area contributed by atoms with Gasteiger partial charge >= 0.3 is 6.03 Å². The van der Waals surface area contributed by atoms with Gasteiger partial charge in [-0.3, -0.25) is 15.0 Å². The van der Waals surface area contributed by atoms with Crippen LogP contribution in [-0.4, -0.2) is 33.9 Å². The molecule has 1 aromatic heterocycles. The molecule has 8 heteroatoms. The van der Waals surface area contributed by atoms with Gasteiger partial charge in [-0.1, -0.05) is 66.2 Å². The van der Waals surface area contributed by atoms with Crippen molar-refractivity contribution in [3.8, 4) is 11.3 Å². The predicted octanol–water partition coefficient (Wildman–Crippen LogP) is 3.40. The van der Waals surface area contributed by atoms with Crippen LogP contribution >= 0.6 is 0 Å². The minimum Gasteiger partial charge on any atom is -0.350 e. The summed E-state index contributed by atoms with van der Waals surface area (Å²) < 4.78 is 2.13. The number of fused-ring (bicyclic) bond motifs is 2. The Morgan fingerprint density at radius 3 is 2.37 bits per heavy atom. The molecule has 1 aliphatic heterocycles. The number of carbonyl (C=O) groups is 3. The highest BCUT2D eigenvalue weighted by Crippen LogP contribution is 2.46. The van der Waals surface area contributed by atoms with Crippen molar-refractivity contribution in [2.45, 2.75) is 13.0 Å². The molecular weight excluding hydrogens is 442 g/mol. The van der Waals surface area contributed by atoms with Crippen molar-refractivity contribution in [1.82, 2.24) is 20.3 Å². The van der Waals surface area contributed by atoms with Gasteiger partial charge in [0.05, 0.1) is 11.7 Å². The molecule has 4 amide bonds. The number of hydrogen-bond acceptors (Lipinski definition) is 3. The standard InChI is InChI=1S/C27H25N5O3/c1-16-11-13-17(14-12-16)24-23(20-9-5-6-10-21(20)31(24)2)25-18-7-3-4-8-19(18)26(34)32(25)15-22(33)29-30-27(28)35/h3-14,25H,15H2,1-2H3,(H,29,33)(H3,28,30,35). The third kappa shape index (κ3) is 3.78. The van der Waals surface area contributed by atoms with Crippen molar-refractivity contribution >= 4 is 28.7 Å². The summed E-state index contributed by atoms with van der Waals surface area (Å²) in [6, 6.07) is 22.4. The van der Waals surface area contributed by atoms with Gasteiger partial charge in [-0.15, -0.1) is 0 Å². The molecule has 1 unspecified atom stereocenters.